The fraction of sp³-hybridized carbons (Fsp3) is 0.429. The minimum atomic E-state index is -0.205. The third-order valence-electron chi connectivity index (χ3n) is 3.44. The summed E-state index contributed by atoms with van der Waals surface area (Å²) in [5.74, 6) is 1.57. The van der Waals surface area contributed by atoms with Crippen LogP contribution in [0.1, 0.15) is 17.6 Å². The molecule has 7 heteroatoms. The maximum atomic E-state index is 12.4. The molecular formula is C14H18N4O3. The lowest BCUT2D eigenvalue weighted by Crippen LogP contribution is -2.45. The van der Waals surface area contributed by atoms with Crippen molar-refractivity contribution in [3.05, 3.63) is 36.0 Å². The van der Waals surface area contributed by atoms with Crippen LogP contribution in [0.5, 0.6) is 0 Å². The summed E-state index contributed by atoms with van der Waals surface area (Å²) in [4.78, 5) is 14.2. The van der Waals surface area contributed by atoms with Gasteiger partial charge in [-0.3, -0.25) is 4.68 Å². The van der Waals surface area contributed by atoms with Crippen LogP contribution in [0.25, 0.3) is 0 Å². The second-order valence-corrected chi connectivity index (χ2v) is 5.07. The average Bonchev–Trinajstić information content (AvgIpc) is 3.07. The second kappa shape index (κ2) is 5.61. The summed E-state index contributed by atoms with van der Waals surface area (Å²) in [5, 5.41) is 6.88. The van der Waals surface area contributed by atoms with Gasteiger partial charge in [0.1, 0.15) is 17.6 Å². The molecule has 3 rings (SSSR count). The lowest BCUT2D eigenvalue weighted by Gasteiger charge is -2.34. The van der Waals surface area contributed by atoms with Crippen LogP contribution >= 0.6 is 0 Å². The number of nitrogens with zero attached hydrogens (tertiary/aromatic N) is 3. The fourth-order valence-corrected chi connectivity index (χ4v) is 2.40. The highest BCUT2D eigenvalue weighted by atomic mass is 16.5. The number of urea groups is 1. The topological polar surface area (TPSA) is 72.5 Å². The van der Waals surface area contributed by atoms with E-state index in [1.807, 2.05) is 19.1 Å². The number of furan rings is 1. The van der Waals surface area contributed by atoms with Gasteiger partial charge in [-0.05, 0) is 19.1 Å². The van der Waals surface area contributed by atoms with Crippen molar-refractivity contribution in [2.45, 2.75) is 13.0 Å². The van der Waals surface area contributed by atoms with Crippen molar-refractivity contribution in [1.82, 2.24) is 14.7 Å². The summed E-state index contributed by atoms with van der Waals surface area (Å²) in [6.45, 7) is 3.37. The fourth-order valence-electron chi connectivity index (χ4n) is 2.40. The van der Waals surface area contributed by atoms with Gasteiger partial charge < -0.3 is 19.4 Å². The van der Waals surface area contributed by atoms with Crippen LogP contribution < -0.4 is 5.32 Å². The largest absolute Gasteiger partial charge is 0.464 e. The highest BCUT2D eigenvalue weighted by molar-refractivity contribution is 5.89. The van der Waals surface area contributed by atoms with Crippen molar-refractivity contribution in [3.63, 3.8) is 0 Å². The Morgan fingerprint density at radius 1 is 1.48 bits per heavy atom. The van der Waals surface area contributed by atoms with Gasteiger partial charge in [0.25, 0.3) is 0 Å². The summed E-state index contributed by atoms with van der Waals surface area (Å²) in [6.07, 6.45) is 3.37. The van der Waals surface area contributed by atoms with Crippen molar-refractivity contribution in [2.24, 2.45) is 7.05 Å². The number of hydrogen-bond donors (Lipinski definition) is 1. The van der Waals surface area contributed by atoms with Crippen LogP contribution in [0.4, 0.5) is 10.5 Å². The molecule has 112 valence electrons. The standard InChI is InChI=1S/C14H18N4O3/c1-10-3-4-13(21-10)12-9-20-6-5-18(12)14(19)16-11-7-15-17(2)8-11/h3-4,7-8,12H,5-6,9H2,1-2H3,(H,16,19). The number of amides is 2. The molecule has 2 amide bonds. The molecule has 0 bridgehead atoms. The molecule has 21 heavy (non-hydrogen) atoms. The normalized spacial score (nSPS) is 18.8. The zero-order chi connectivity index (χ0) is 14.8. The first-order chi connectivity index (χ1) is 10.1. The quantitative estimate of drug-likeness (QED) is 0.917. The van der Waals surface area contributed by atoms with Crippen LogP contribution in [0.15, 0.2) is 28.9 Å². The number of aryl methyl sites for hydroxylation is 2. The van der Waals surface area contributed by atoms with Crippen LogP contribution in [0.3, 0.4) is 0 Å². The van der Waals surface area contributed by atoms with E-state index in [4.69, 9.17) is 9.15 Å². The Hall–Kier alpha value is -2.28. The predicted octanol–water partition coefficient (Wildman–Crippen LogP) is 1.93. The van der Waals surface area contributed by atoms with E-state index < -0.39 is 0 Å². The van der Waals surface area contributed by atoms with Gasteiger partial charge in [0.05, 0.1) is 25.1 Å². The number of nitrogens with one attached hydrogen (secondary N) is 1. The predicted molar refractivity (Wildman–Crippen MR) is 75.9 cm³/mol. The van der Waals surface area contributed by atoms with Crippen molar-refractivity contribution in [2.75, 3.05) is 25.1 Å². The summed E-state index contributed by atoms with van der Waals surface area (Å²) < 4.78 is 12.8. The van der Waals surface area contributed by atoms with Crippen LogP contribution in [0.2, 0.25) is 0 Å². The maximum Gasteiger partial charge on any atom is 0.322 e. The number of carbonyl (C=O) groups is 1. The van der Waals surface area contributed by atoms with E-state index in [0.29, 0.717) is 25.4 Å². The highest BCUT2D eigenvalue weighted by Gasteiger charge is 2.31. The molecule has 0 saturated carbocycles. The lowest BCUT2D eigenvalue weighted by atomic mass is 10.2. The third kappa shape index (κ3) is 2.92. The molecule has 1 atom stereocenters. The summed E-state index contributed by atoms with van der Waals surface area (Å²) in [5.41, 5.74) is 0.670. The van der Waals surface area contributed by atoms with E-state index >= 15 is 0 Å². The molecule has 1 aliphatic heterocycles. The highest BCUT2D eigenvalue weighted by Crippen LogP contribution is 2.26. The summed E-state index contributed by atoms with van der Waals surface area (Å²) in [6, 6.07) is 3.40. The number of rotatable bonds is 2. The molecule has 0 aromatic carbocycles. The monoisotopic (exact) mass is 290 g/mol. The molecule has 1 aliphatic rings. The van der Waals surface area contributed by atoms with Gasteiger partial charge in [0.2, 0.25) is 0 Å². The molecular weight excluding hydrogens is 272 g/mol. The lowest BCUT2D eigenvalue weighted by molar-refractivity contribution is 0.00710. The Bertz CT molecular complexity index is 634. The van der Waals surface area contributed by atoms with E-state index in [-0.39, 0.29) is 12.1 Å². The molecule has 7 nitrogen and oxygen atoms in total. The Labute approximate surface area is 122 Å². The van der Waals surface area contributed by atoms with Gasteiger partial charge in [-0.15, -0.1) is 0 Å². The Kier molecular flexibility index (Phi) is 3.66. The number of hydrogen-bond acceptors (Lipinski definition) is 4. The number of carbonyl (C=O) groups excluding carboxylic acids is 1. The molecule has 1 fully saturated rings. The van der Waals surface area contributed by atoms with Crippen molar-refractivity contribution >= 4 is 11.7 Å². The minimum absolute atomic E-state index is 0.176. The first-order valence-corrected chi connectivity index (χ1v) is 6.84. The van der Waals surface area contributed by atoms with E-state index in [0.717, 1.165) is 11.5 Å². The number of aromatic nitrogens is 2. The summed E-state index contributed by atoms with van der Waals surface area (Å²) >= 11 is 0. The van der Waals surface area contributed by atoms with Crippen LogP contribution in [0, 0.1) is 6.92 Å². The Balaban J connectivity index is 1.75. The molecule has 1 unspecified atom stereocenters. The molecule has 1 N–H and O–H groups in total. The molecule has 3 heterocycles. The van der Waals surface area contributed by atoms with Gasteiger partial charge in [0.15, 0.2) is 0 Å². The number of ether oxygens (including phenoxy) is 1. The van der Waals surface area contributed by atoms with E-state index in [2.05, 4.69) is 10.4 Å². The third-order valence-corrected chi connectivity index (χ3v) is 3.44. The molecule has 0 spiro atoms. The molecule has 2 aromatic rings. The SMILES string of the molecule is Cc1ccc(C2COCCN2C(=O)Nc2cnn(C)c2)o1. The number of anilines is 1. The van der Waals surface area contributed by atoms with Crippen LogP contribution in [-0.4, -0.2) is 40.5 Å². The average molecular weight is 290 g/mol. The second-order valence-electron chi connectivity index (χ2n) is 5.07. The van der Waals surface area contributed by atoms with Gasteiger partial charge in [-0.25, -0.2) is 4.79 Å². The zero-order valence-corrected chi connectivity index (χ0v) is 12.1. The van der Waals surface area contributed by atoms with Gasteiger partial charge >= 0.3 is 6.03 Å². The van der Waals surface area contributed by atoms with Crippen molar-refractivity contribution in [1.29, 1.82) is 0 Å². The summed E-state index contributed by atoms with van der Waals surface area (Å²) in [7, 11) is 1.80. The van der Waals surface area contributed by atoms with E-state index in [9.17, 15) is 4.79 Å². The molecule has 1 saturated heterocycles. The maximum absolute atomic E-state index is 12.4. The smallest absolute Gasteiger partial charge is 0.322 e. The first kappa shape index (κ1) is 13.7. The molecule has 0 radical (unpaired) electrons. The Morgan fingerprint density at radius 2 is 2.33 bits per heavy atom. The van der Waals surface area contributed by atoms with E-state index in [1.165, 1.54) is 0 Å². The zero-order valence-electron chi connectivity index (χ0n) is 12.1. The van der Waals surface area contributed by atoms with Crippen LogP contribution in [-0.2, 0) is 11.8 Å². The van der Waals surface area contributed by atoms with Gasteiger partial charge in [-0.1, -0.05) is 0 Å². The van der Waals surface area contributed by atoms with Crippen molar-refractivity contribution in [3.8, 4) is 0 Å². The Morgan fingerprint density at radius 3 is 3.00 bits per heavy atom. The van der Waals surface area contributed by atoms with E-state index in [1.54, 1.807) is 29.0 Å². The minimum Gasteiger partial charge on any atom is -0.464 e. The molecule has 2 aromatic heterocycles. The van der Waals surface area contributed by atoms with Gasteiger partial charge in [0, 0.05) is 19.8 Å². The van der Waals surface area contributed by atoms with Gasteiger partial charge in [-0.2, -0.15) is 5.10 Å². The molecule has 0 aliphatic carbocycles. The number of morpholine rings is 1. The first-order valence-electron chi connectivity index (χ1n) is 6.84. The van der Waals surface area contributed by atoms with Crippen molar-refractivity contribution < 1.29 is 13.9 Å².